The number of halogens is 2. The van der Waals surface area contributed by atoms with E-state index >= 15 is 0 Å². The van der Waals surface area contributed by atoms with E-state index in [-0.39, 0.29) is 16.9 Å². The molecule has 3 aromatic rings. The molecule has 0 fully saturated rings. The Balaban J connectivity index is 2.30. The fourth-order valence-corrected chi connectivity index (χ4v) is 2.03. The zero-order valence-corrected chi connectivity index (χ0v) is 10.5. The van der Waals surface area contributed by atoms with Crippen molar-refractivity contribution in [3.8, 4) is 11.5 Å². The summed E-state index contributed by atoms with van der Waals surface area (Å²) in [7, 11) is 0. The van der Waals surface area contributed by atoms with Crippen molar-refractivity contribution < 1.29 is 18.7 Å². The van der Waals surface area contributed by atoms with Gasteiger partial charge in [0.2, 0.25) is 0 Å². The summed E-state index contributed by atoms with van der Waals surface area (Å²) >= 11 is 0. The van der Waals surface area contributed by atoms with Crippen molar-refractivity contribution in [1.82, 2.24) is 19.5 Å². The Labute approximate surface area is 116 Å². The number of rotatable bonds is 3. The van der Waals surface area contributed by atoms with Crippen molar-refractivity contribution in [3.05, 3.63) is 42.4 Å². The maximum absolute atomic E-state index is 13.4. The van der Waals surface area contributed by atoms with E-state index < -0.39 is 24.1 Å². The van der Waals surface area contributed by atoms with Crippen LogP contribution in [0.25, 0.3) is 22.6 Å². The summed E-state index contributed by atoms with van der Waals surface area (Å²) < 4.78 is 27.9. The molecule has 1 aromatic carbocycles. The number of fused-ring (bicyclic) bond motifs is 1. The van der Waals surface area contributed by atoms with Crippen molar-refractivity contribution in [2.24, 2.45) is 0 Å². The minimum atomic E-state index is -1.14. The molecule has 0 aliphatic heterocycles. The summed E-state index contributed by atoms with van der Waals surface area (Å²) in [5.74, 6) is -3.07. The van der Waals surface area contributed by atoms with Gasteiger partial charge >= 0.3 is 5.97 Å². The predicted octanol–water partition coefficient (Wildman–Crippen LogP) is 1.86. The van der Waals surface area contributed by atoms with Gasteiger partial charge in [-0.3, -0.25) is 9.78 Å². The molecule has 0 atom stereocenters. The molecule has 21 heavy (non-hydrogen) atoms. The lowest BCUT2D eigenvalue weighted by molar-refractivity contribution is -0.137. The van der Waals surface area contributed by atoms with E-state index in [1.807, 2.05) is 0 Å². The van der Waals surface area contributed by atoms with Crippen molar-refractivity contribution in [3.63, 3.8) is 0 Å². The number of hydrogen-bond acceptors (Lipinski definition) is 4. The van der Waals surface area contributed by atoms with Crippen LogP contribution >= 0.6 is 0 Å². The Morgan fingerprint density at radius 1 is 1.24 bits per heavy atom. The van der Waals surface area contributed by atoms with Gasteiger partial charge in [-0.2, -0.15) is 0 Å². The number of hydrogen-bond donors (Lipinski definition) is 1. The summed E-state index contributed by atoms with van der Waals surface area (Å²) in [6.45, 7) is -0.451. The SMILES string of the molecule is O=C(O)Cn1c(-c2cnccn2)nc2cc(F)c(F)cc21. The number of carboxylic acid groups (broad SMARTS) is 1. The van der Waals surface area contributed by atoms with Gasteiger partial charge in [-0.15, -0.1) is 0 Å². The number of nitrogens with zero attached hydrogens (tertiary/aromatic N) is 4. The summed E-state index contributed by atoms with van der Waals surface area (Å²) in [4.78, 5) is 23.0. The van der Waals surface area contributed by atoms with Crippen LogP contribution in [0.2, 0.25) is 0 Å². The molecule has 0 bridgehead atoms. The molecule has 0 aliphatic carbocycles. The van der Waals surface area contributed by atoms with Crippen LogP contribution < -0.4 is 0 Å². The van der Waals surface area contributed by atoms with Crippen LogP contribution in [0, 0.1) is 11.6 Å². The Morgan fingerprint density at radius 2 is 2.00 bits per heavy atom. The van der Waals surface area contributed by atoms with Crippen LogP contribution in [0.1, 0.15) is 0 Å². The number of aromatic nitrogens is 4. The zero-order chi connectivity index (χ0) is 15.0. The third kappa shape index (κ3) is 2.31. The van der Waals surface area contributed by atoms with E-state index in [1.165, 1.54) is 23.2 Å². The van der Waals surface area contributed by atoms with Crippen LogP contribution in [-0.4, -0.2) is 30.6 Å². The third-order valence-electron chi connectivity index (χ3n) is 2.88. The molecule has 0 amide bonds. The Morgan fingerprint density at radius 3 is 2.67 bits per heavy atom. The predicted molar refractivity (Wildman–Crippen MR) is 68.3 cm³/mol. The van der Waals surface area contributed by atoms with E-state index in [2.05, 4.69) is 15.0 Å². The molecule has 1 N–H and O–H groups in total. The number of aliphatic carboxylic acids is 1. The Bertz CT molecular complexity index is 833. The Kier molecular flexibility index (Phi) is 3.05. The average molecular weight is 290 g/mol. The minimum absolute atomic E-state index is 0.149. The molecule has 0 spiro atoms. The molecule has 8 heteroatoms. The van der Waals surface area contributed by atoms with Crippen molar-refractivity contribution >= 4 is 17.0 Å². The second-order valence-electron chi connectivity index (χ2n) is 4.26. The normalized spacial score (nSPS) is 11.0. The molecule has 0 radical (unpaired) electrons. The van der Waals surface area contributed by atoms with Crippen molar-refractivity contribution in [2.45, 2.75) is 6.54 Å². The number of benzene rings is 1. The lowest BCUT2D eigenvalue weighted by Gasteiger charge is -2.05. The molecule has 106 valence electrons. The molecule has 0 saturated carbocycles. The van der Waals surface area contributed by atoms with E-state index in [1.54, 1.807) is 0 Å². The van der Waals surface area contributed by atoms with E-state index in [9.17, 15) is 13.6 Å². The Hall–Kier alpha value is -2.90. The van der Waals surface area contributed by atoms with E-state index in [4.69, 9.17) is 5.11 Å². The largest absolute Gasteiger partial charge is 0.480 e. The van der Waals surface area contributed by atoms with Crippen molar-refractivity contribution in [1.29, 1.82) is 0 Å². The fourth-order valence-electron chi connectivity index (χ4n) is 2.03. The van der Waals surface area contributed by atoms with E-state index in [0.29, 0.717) is 5.69 Å². The molecular weight excluding hydrogens is 282 g/mol. The zero-order valence-electron chi connectivity index (χ0n) is 10.5. The highest BCUT2D eigenvalue weighted by molar-refractivity contribution is 5.82. The molecule has 6 nitrogen and oxygen atoms in total. The van der Waals surface area contributed by atoms with Gasteiger partial charge in [0.05, 0.1) is 17.2 Å². The molecule has 0 unspecified atom stereocenters. The third-order valence-corrected chi connectivity index (χ3v) is 2.88. The second-order valence-corrected chi connectivity index (χ2v) is 4.26. The van der Waals surface area contributed by atoms with Crippen molar-refractivity contribution in [2.75, 3.05) is 0 Å². The molecule has 0 aliphatic rings. The maximum Gasteiger partial charge on any atom is 0.323 e. The molecule has 0 saturated heterocycles. The van der Waals surface area contributed by atoms with Gasteiger partial charge in [-0.05, 0) is 0 Å². The number of carboxylic acids is 1. The molecular formula is C13H8F2N4O2. The molecule has 2 aromatic heterocycles. The number of imidazole rings is 1. The average Bonchev–Trinajstić information content (AvgIpc) is 2.78. The monoisotopic (exact) mass is 290 g/mol. The summed E-state index contributed by atoms with van der Waals surface area (Å²) in [6, 6.07) is 1.84. The summed E-state index contributed by atoms with van der Waals surface area (Å²) in [6.07, 6.45) is 4.26. The summed E-state index contributed by atoms with van der Waals surface area (Å²) in [5, 5.41) is 8.99. The minimum Gasteiger partial charge on any atom is -0.480 e. The smallest absolute Gasteiger partial charge is 0.323 e. The first-order valence-corrected chi connectivity index (χ1v) is 5.89. The highest BCUT2D eigenvalue weighted by Crippen LogP contribution is 2.25. The van der Waals surface area contributed by atoms with Gasteiger partial charge in [-0.25, -0.2) is 18.7 Å². The first kappa shape index (κ1) is 13.1. The second kappa shape index (κ2) is 4.89. The van der Waals surface area contributed by atoms with Gasteiger partial charge in [0.25, 0.3) is 0 Å². The highest BCUT2D eigenvalue weighted by Gasteiger charge is 2.18. The van der Waals surface area contributed by atoms with Crippen LogP contribution in [0.15, 0.2) is 30.7 Å². The van der Waals surface area contributed by atoms with Crippen LogP contribution in [0.4, 0.5) is 8.78 Å². The molecule has 3 rings (SSSR count). The number of carbonyl (C=O) groups is 1. The lowest BCUT2D eigenvalue weighted by Crippen LogP contribution is -2.10. The summed E-state index contributed by atoms with van der Waals surface area (Å²) in [5.41, 5.74) is 0.642. The van der Waals surface area contributed by atoms with Crippen LogP contribution in [0.3, 0.4) is 0 Å². The molecule has 2 heterocycles. The van der Waals surface area contributed by atoms with Gasteiger partial charge < -0.3 is 9.67 Å². The quantitative estimate of drug-likeness (QED) is 0.796. The standard InChI is InChI=1S/C13H8F2N4O2/c14-7-3-9-11(4-8(7)15)19(6-12(20)21)13(18-9)10-5-16-1-2-17-10/h1-5H,6H2,(H,20,21). The van der Waals surface area contributed by atoms with Gasteiger partial charge in [0.15, 0.2) is 17.5 Å². The highest BCUT2D eigenvalue weighted by atomic mass is 19.2. The van der Waals surface area contributed by atoms with Gasteiger partial charge in [0.1, 0.15) is 12.2 Å². The topological polar surface area (TPSA) is 80.9 Å². The first-order chi connectivity index (χ1) is 10.1. The van der Waals surface area contributed by atoms with Gasteiger partial charge in [-0.1, -0.05) is 0 Å². The van der Waals surface area contributed by atoms with Crippen LogP contribution in [0.5, 0.6) is 0 Å². The van der Waals surface area contributed by atoms with Crippen LogP contribution in [-0.2, 0) is 11.3 Å². The lowest BCUT2D eigenvalue weighted by atomic mass is 10.3. The van der Waals surface area contributed by atoms with E-state index in [0.717, 1.165) is 12.1 Å². The maximum atomic E-state index is 13.4. The van der Waals surface area contributed by atoms with Gasteiger partial charge in [0, 0.05) is 24.5 Å². The first-order valence-electron chi connectivity index (χ1n) is 5.89. The fraction of sp³-hybridized carbons (Fsp3) is 0.0769.